The smallest absolute Gasteiger partial charge is 0.00317 e. The van der Waals surface area contributed by atoms with Gasteiger partial charge in [0.15, 0.2) is 0 Å². The molecule has 1 saturated heterocycles. The quantitative estimate of drug-likeness (QED) is 0.533. The van der Waals surface area contributed by atoms with Gasteiger partial charge < -0.3 is 4.90 Å². The van der Waals surface area contributed by atoms with E-state index in [9.17, 15) is 0 Å². The van der Waals surface area contributed by atoms with Crippen LogP contribution in [0.3, 0.4) is 0 Å². The Labute approximate surface area is 91.0 Å². The van der Waals surface area contributed by atoms with Gasteiger partial charge in [0.1, 0.15) is 0 Å². The zero-order chi connectivity index (χ0) is 9.68. The molecule has 0 aromatic rings. The van der Waals surface area contributed by atoms with E-state index in [2.05, 4.69) is 34.7 Å². The van der Waals surface area contributed by atoms with Crippen LogP contribution < -0.4 is 0 Å². The van der Waals surface area contributed by atoms with E-state index in [1.807, 2.05) is 0 Å². The highest BCUT2D eigenvalue weighted by atomic mass is 79.9. The molecule has 0 aliphatic carbocycles. The summed E-state index contributed by atoms with van der Waals surface area (Å²) in [6.45, 7) is 8.71. The van der Waals surface area contributed by atoms with E-state index < -0.39 is 0 Å². The molecule has 1 aliphatic rings. The molecule has 1 nitrogen and oxygen atoms in total. The minimum atomic E-state index is 0.876. The second-order valence-corrected chi connectivity index (χ2v) is 5.28. The molecular formula is C11H22BrN. The lowest BCUT2D eigenvalue weighted by atomic mass is 9.95. The van der Waals surface area contributed by atoms with Gasteiger partial charge >= 0.3 is 0 Å². The normalized spacial score (nSPS) is 24.5. The lowest BCUT2D eigenvalue weighted by Crippen LogP contribution is -2.23. The molecule has 1 heterocycles. The van der Waals surface area contributed by atoms with Gasteiger partial charge in [0.2, 0.25) is 0 Å². The van der Waals surface area contributed by atoms with Crippen molar-refractivity contribution in [3.8, 4) is 0 Å². The maximum atomic E-state index is 3.48. The molecule has 1 atom stereocenters. The maximum absolute atomic E-state index is 3.48. The fourth-order valence-corrected chi connectivity index (χ4v) is 2.44. The largest absolute Gasteiger partial charge is 0.303 e. The van der Waals surface area contributed by atoms with Gasteiger partial charge in [-0.3, -0.25) is 0 Å². The van der Waals surface area contributed by atoms with Gasteiger partial charge in [0, 0.05) is 11.9 Å². The van der Waals surface area contributed by atoms with E-state index in [-0.39, 0.29) is 0 Å². The zero-order valence-corrected chi connectivity index (χ0v) is 10.5. The topological polar surface area (TPSA) is 3.24 Å². The molecule has 1 fully saturated rings. The number of hydrogen-bond acceptors (Lipinski definition) is 1. The first-order chi connectivity index (χ1) is 6.24. The summed E-state index contributed by atoms with van der Waals surface area (Å²) in [5.41, 5.74) is 0. The molecule has 78 valence electrons. The highest BCUT2D eigenvalue weighted by Crippen LogP contribution is 2.23. The Hall–Kier alpha value is 0.440. The summed E-state index contributed by atoms with van der Waals surface area (Å²) >= 11 is 3.48. The van der Waals surface area contributed by atoms with Crippen molar-refractivity contribution in [3.05, 3.63) is 0 Å². The average Bonchev–Trinajstić information content (AvgIpc) is 2.53. The van der Waals surface area contributed by atoms with Gasteiger partial charge in [-0.05, 0) is 44.2 Å². The van der Waals surface area contributed by atoms with Gasteiger partial charge in [-0.25, -0.2) is 0 Å². The Bertz CT molecular complexity index is 136. The Morgan fingerprint density at radius 3 is 2.69 bits per heavy atom. The molecule has 0 saturated carbocycles. The van der Waals surface area contributed by atoms with Crippen LogP contribution in [-0.4, -0.2) is 29.9 Å². The molecule has 0 aromatic carbocycles. The summed E-state index contributed by atoms with van der Waals surface area (Å²) in [6, 6.07) is 0. The molecular weight excluding hydrogens is 226 g/mol. The number of hydrogen-bond donors (Lipinski definition) is 0. The van der Waals surface area contributed by atoms with Gasteiger partial charge in [0.25, 0.3) is 0 Å². The highest BCUT2D eigenvalue weighted by Gasteiger charge is 2.23. The van der Waals surface area contributed by atoms with Crippen molar-refractivity contribution in [1.82, 2.24) is 4.90 Å². The number of likely N-dealkylation sites (tertiary alicyclic amines) is 1. The Morgan fingerprint density at radius 2 is 2.15 bits per heavy atom. The predicted molar refractivity (Wildman–Crippen MR) is 62.4 cm³/mol. The number of nitrogens with zero attached hydrogens (tertiary/aromatic N) is 1. The monoisotopic (exact) mass is 247 g/mol. The highest BCUT2D eigenvalue weighted by molar-refractivity contribution is 9.09. The molecule has 0 spiro atoms. The summed E-state index contributed by atoms with van der Waals surface area (Å²) < 4.78 is 0. The number of alkyl halides is 1. The molecule has 2 heteroatoms. The predicted octanol–water partition coefficient (Wildman–Crippen LogP) is 3.14. The van der Waals surface area contributed by atoms with Crippen LogP contribution in [0.1, 0.15) is 33.1 Å². The molecule has 1 unspecified atom stereocenters. The van der Waals surface area contributed by atoms with E-state index in [4.69, 9.17) is 0 Å². The molecule has 1 aliphatic heterocycles. The summed E-state index contributed by atoms with van der Waals surface area (Å²) in [7, 11) is 0. The summed E-state index contributed by atoms with van der Waals surface area (Å²) in [4.78, 5) is 2.63. The Balaban J connectivity index is 2.10. The van der Waals surface area contributed by atoms with Gasteiger partial charge in [-0.15, -0.1) is 0 Å². The van der Waals surface area contributed by atoms with Crippen molar-refractivity contribution in [2.75, 3.05) is 25.0 Å². The molecule has 0 radical (unpaired) electrons. The van der Waals surface area contributed by atoms with E-state index in [0.29, 0.717) is 0 Å². The second-order valence-electron chi connectivity index (χ2n) is 4.49. The van der Waals surface area contributed by atoms with Gasteiger partial charge in [0.05, 0.1) is 0 Å². The van der Waals surface area contributed by atoms with Crippen molar-refractivity contribution < 1.29 is 0 Å². The standard InChI is InChI=1S/C11H22BrN/c1-10(2)11-5-8-13(9-11)7-4-3-6-12/h10-11H,3-9H2,1-2H3. The third kappa shape index (κ3) is 3.99. The van der Waals surface area contributed by atoms with Crippen LogP contribution in [0.4, 0.5) is 0 Å². The maximum Gasteiger partial charge on any atom is 0.00317 e. The minimum absolute atomic E-state index is 0.876. The average molecular weight is 248 g/mol. The van der Waals surface area contributed by atoms with Crippen molar-refractivity contribution in [1.29, 1.82) is 0 Å². The van der Waals surface area contributed by atoms with Crippen LogP contribution in [-0.2, 0) is 0 Å². The first kappa shape index (κ1) is 11.5. The van der Waals surface area contributed by atoms with Crippen molar-refractivity contribution >= 4 is 15.9 Å². The van der Waals surface area contributed by atoms with E-state index >= 15 is 0 Å². The lowest BCUT2D eigenvalue weighted by molar-refractivity contribution is 0.299. The molecule has 0 aromatic heterocycles. The van der Waals surface area contributed by atoms with Crippen molar-refractivity contribution in [3.63, 3.8) is 0 Å². The van der Waals surface area contributed by atoms with Crippen molar-refractivity contribution in [2.45, 2.75) is 33.1 Å². The molecule has 0 bridgehead atoms. The minimum Gasteiger partial charge on any atom is -0.303 e. The Morgan fingerprint density at radius 1 is 1.38 bits per heavy atom. The van der Waals surface area contributed by atoms with E-state index in [1.165, 1.54) is 38.9 Å². The number of rotatable bonds is 5. The first-order valence-electron chi connectivity index (χ1n) is 5.52. The fraction of sp³-hybridized carbons (Fsp3) is 1.00. The first-order valence-corrected chi connectivity index (χ1v) is 6.64. The van der Waals surface area contributed by atoms with E-state index in [0.717, 1.165) is 17.2 Å². The SMILES string of the molecule is CC(C)C1CCN(CCCCBr)C1. The number of unbranched alkanes of at least 4 members (excludes halogenated alkanes) is 1. The summed E-state index contributed by atoms with van der Waals surface area (Å²) in [5, 5.41) is 1.16. The molecule has 13 heavy (non-hydrogen) atoms. The van der Waals surface area contributed by atoms with Crippen LogP contribution in [0, 0.1) is 11.8 Å². The van der Waals surface area contributed by atoms with Gasteiger partial charge in [-0.2, -0.15) is 0 Å². The molecule has 1 rings (SSSR count). The molecule has 0 amide bonds. The fourth-order valence-electron chi connectivity index (χ4n) is 2.04. The zero-order valence-electron chi connectivity index (χ0n) is 8.93. The third-order valence-electron chi connectivity index (χ3n) is 3.11. The van der Waals surface area contributed by atoms with Crippen LogP contribution >= 0.6 is 15.9 Å². The van der Waals surface area contributed by atoms with Crippen molar-refractivity contribution in [2.24, 2.45) is 11.8 Å². The van der Waals surface area contributed by atoms with Crippen LogP contribution in [0.25, 0.3) is 0 Å². The second kappa shape index (κ2) is 6.02. The summed E-state index contributed by atoms with van der Waals surface area (Å²) in [5.74, 6) is 1.84. The van der Waals surface area contributed by atoms with Crippen LogP contribution in [0.5, 0.6) is 0 Å². The Kier molecular flexibility index (Phi) is 5.34. The molecule has 0 N–H and O–H groups in total. The van der Waals surface area contributed by atoms with Crippen LogP contribution in [0.15, 0.2) is 0 Å². The van der Waals surface area contributed by atoms with Crippen LogP contribution in [0.2, 0.25) is 0 Å². The lowest BCUT2D eigenvalue weighted by Gasteiger charge is -2.17. The van der Waals surface area contributed by atoms with E-state index in [1.54, 1.807) is 0 Å². The summed E-state index contributed by atoms with van der Waals surface area (Å²) in [6.07, 6.45) is 4.10. The number of halogens is 1. The third-order valence-corrected chi connectivity index (χ3v) is 3.67. The van der Waals surface area contributed by atoms with Gasteiger partial charge in [-0.1, -0.05) is 29.8 Å².